The summed E-state index contributed by atoms with van der Waals surface area (Å²) in [6.07, 6.45) is 2.53. The smallest absolute Gasteiger partial charge is 0.263 e. The molecule has 3 rings (SSSR count). The Morgan fingerprint density at radius 3 is 2.82 bits per heavy atom. The van der Waals surface area contributed by atoms with Crippen LogP contribution in [0.25, 0.3) is 17.4 Å². The Morgan fingerprint density at radius 2 is 2.18 bits per heavy atom. The highest BCUT2D eigenvalue weighted by Crippen LogP contribution is 2.34. The van der Waals surface area contributed by atoms with E-state index in [2.05, 4.69) is 5.32 Å². The molecule has 2 heterocycles. The lowest BCUT2D eigenvalue weighted by molar-refractivity contribution is -0.115. The van der Waals surface area contributed by atoms with Crippen molar-refractivity contribution in [2.75, 3.05) is 0 Å². The maximum absolute atomic E-state index is 11.8. The van der Waals surface area contributed by atoms with Crippen LogP contribution in [0.3, 0.4) is 0 Å². The van der Waals surface area contributed by atoms with E-state index in [0.717, 1.165) is 17.5 Å². The number of furan rings is 1. The second-order valence-corrected chi connectivity index (χ2v) is 6.81. The molecule has 1 amide bonds. The van der Waals surface area contributed by atoms with Gasteiger partial charge in [-0.2, -0.15) is 0 Å². The topological polar surface area (TPSA) is 42.2 Å². The van der Waals surface area contributed by atoms with E-state index >= 15 is 0 Å². The van der Waals surface area contributed by atoms with Gasteiger partial charge in [-0.1, -0.05) is 54.6 Å². The second-order valence-electron chi connectivity index (χ2n) is 4.69. The highest BCUT2D eigenvalue weighted by molar-refractivity contribution is 8.26. The molecule has 1 saturated heterocycles. The fourth-order valence-electron chi connectivity index (χ4n) is 2.18. The zero-order valence-electron chi connectivity index (χ0n) is 11.7. The van der Waals surface area contributed by atoms with E-state index in [1.165, 1.54) is 11.8 Å². The van der Waals surface area contributed by atoms with Crippen molar-refractivity contribution in [1.29, 1.82) is 0 Å². The summed E-state index contributed by atoms with van der Waals surface area (Å²) in [6.45, 7) is 2.04. The summed E-state index contributed by atoms with van der Waals surface area (Å²) >= 11 is 12.4. The first-order chi connectivity index (χ1) is 10.6. The molecule has 0 radical (unpaired) electrons. The largest absolute Gasteiger partial charge is 0.456 e. The lowest BCUT2D eigenvalue weighted by Crippen LogP contribution is -2.17. The maximum atomic E-state index is 11.8. The normalized spacial score (nSPS) is 16.4. The van der Waals surface area contributed by atoms with Crippen molar-refractivity contribution in [1.82, 2.24) is 5.32 Å². The Bertz CT molecular complexity index is 795. The van der Waals surface area contributed by atoms with E-state index in [4.69, 9.17) is 28.2 Å². The molecule has 1 aliphatic rings. The van der Waals surface area contributed by atoms with Gasteiger partial charge in [-0.05, 0) is 30.2 Å². The van der Waals surface area contributed by atoms with Crippen molar-refractivity contribution in [3.8, 4) is 11.3 Å². The second kappa shape index (κ2) is 6.28. The molecule has 22 heavy (non-hydrogen) atoms. The molecule has 6 heteroatoms. The number of thiocarbonyl (C=S) groups is 1. The molecule has 1 N–H and O–H groups in total. The molecule has 0 aliphatic carbocycles. The van der Waals surface area contributed by atoms with Crippen LogP contribution in [0.15, 0.2) is 39.7 Å². The van der Waals surface area contributed by atoms with E-state index in [9.17, 15) is 4.79 Å². The van der Waals surface area contributed by atoms with Crippen LogP contribution in [-0.2, 0) is 11.2 Å². The average molecular weight is 350 g/mol. The summed E-state index contributed by atoms with van der Waals surface area (Å²) in [5.41, 5.74) is 1.86. The number of thioether (sulfide) groups is 1. The summed E-state index contributed by atoms with van der Waals surface area (Å²) in [6, 6.07) is 9.47. The van der Waals surface area contributed by atoms with Crippen LogP contribution >= 0.6 is 35.6 Å². The molecule has 0 bridgehead atoms. The first kappa shape index (κ1) is 15.3. The summed E-state index contributed by atoms with van der Waals surface area (Å²) in [7, 11) is 0. The van der Waals surface area contributed by atoms with E-state index in [-0.39, 0.29) is 5.91 Å². The minimum atomic E-state index is -0.187. The summed E-state index contributed by atoms with van der Waals surface area (Å²) in [4.78, 5) is 12.3. The van der Waals surface area contributed by atoms with Crippen LogP contribution in [0, 0.1) is 0 Å². The van der Waals surface area contributed by atoms with Gasteiger partial charge in [-0.3, -0.25) is 4.79 Å². The monoisotopic (exact) mass is 349 g/mol. The predicted molar refractivity (Wildman–Crippen MR) is 94.8 cm³/mol. The predicted octanol–water partition coefficient (Wildman–Crippen LogP) is 4.65. The molecule has 2 aromatic rings. The number of hydrogen-bond donors (Lipinski definition) is 1. The van der Waals surface area contributed by atoms with Crippen molar-refractivity contribution in [3.05, 3.63) is 51.6 Å². The maximum Gasteiger partial charge on any atom is 0.263 e. The van der Waals surface area contributed by atoms with Crippen LogP contribution < -0.4 is 5.32 Å². The van der Waals surface area contributed by atoms with Crippen molar-refractivity contribution >= 4 is 51.9 Å². The number of carbonyl (C=O) groups is 1. The SMILES string of the molecule is CCc1cc(-c2ccccc2Cl)oc1/C=C1\SC(=S)NC1=O. The number of benzene rings is 1. The van der Waals surface area contributed by atoms with Crippen molar-refractivity contribution in [2.24, 2.45) is 0 Å². The fourth-order valence-corrected chi connectivity index (χ4v) is 3.42. The van der Waals surface area contributed by atoms with Crippen molar-refractivity contribution in [2.45, 2.75) is 13.3 Å². The molecular weight excluding hydrogens is 338 g/mol. The third kappa shape index (κ3) is 2.97. The highest BCUT2D eigenvalue weighted by Gasteiger charge is 2.23. The molecule has 0 atom stereocenters. The van der Waals surface area contributed by atoms with Crippen LogP contribution in [0.1, 0.15) is 18.2 Å². The Hall–Kier alpha value is -1.56. The van der Waals surface area contributed by atoms with Gasteiger partial charge in [0, 0.05) is 11.6 Å². The van der Waals surface area contributed by atoms with E-state index in [1.54, 1.807) is 6.08 Å². The molecule has 3 nitrogen and oxygen atoms in total. The lowest BCUT2D eigenvalue weighted by atomic mass is 10.1. The lowest BCUT2D eigenvalue weighted by Gasteiger charge is -1.99. The first-order valence-electron chi connectivity index (χ1n) is 6.71. The van der Waals surface area contributed by atoms with Gasteiger partial charge in [0.05, 0.1) is 9.93 Å². The number of nitrogens with one attached hydrogen (secondary N) is 1. The number of halogens is 1. The van der Waals surface area contributed by atoms with Crippen LogP contribution in [0.2, 0.25) is 5.02 Å². The van der Waals surface area contributed by atoms with Gasteiger partial charge in [0.15, 0.2) is 0 Å². The summed E-state index contributed by atoms with van der Waals surface area (Å²) < 4.78 is 6.39. The number of rotatable bonds is 3. The van der Waals surface area contributed by atoms with Gasteiger partial charge in [-0.15, -0.1) is 0 Å². The standard InChI is InChI=1S/C16H12ClNO2S2/c1-2-9-7-13(10-5-3-4-6-11(10)17)20-12(9)8-14-15(19)18-16(21)22-14/h3-8H,2H2,1H3,(H,18,19,21)/b14-8-. The third-order valence-corrected chi connectivity index (χ3v) is 4.76. The highest BCUT2D eigenvalue weighted by atomic mass is 35.5. The molecule has 1 aliphatic heterocycles. The Labute approximate surface area is 142 Å². The third-order valence-electron chi connectivity index (χ3n) is 3.27. The van der Waals surface area contributed by atoms with Gasteiger partial charge in [0.1, 0.15) is 15.8 Å². The number of carbonyl (C=O) groups excluding carboxylic acids is 1. The van der Waals surface area contributed by atoms with E-state index in [1.807, 2.05) is 37.3 Å². The molecule has 1 aromatic heterocycles. The summed E-state index contributed by atoms with van der Waals surface area (Å²) in [5, 5.41) is 3.23. The number of amides is 1. The van der Waals surface area contributed by atoms with Crippen molar-refractivity contribution < 1.29 is 9.21 Å². The molecule has 112 valence electrons. The van der Waals surface area contributed by atoms with E-state index in [0.29, 0.717) is 25.8 Å². The molecule has 0 spiro atoms. The molecular formula is C16H12ClNO2S2. The molecule has 0 unspecified atom stereocenters. The molecule has 1 fully saturated rings. The molecule has 0 saturated carbocycles. The Morgan fingerprint density at radius 1 is 1.41 bits per heavy atom. The van der Waals surface area contributed by atoms with E-state index < -0.39 is 0 Å². The average Bonchev–Trinajstić information content (AvgIpc) is 3.03. The number of aryl methyl sites for hydroxylation is 1. The van der Waals surface area contributed by atoms with Gasteiger partial charge in [-0.25, -0.2) is 0 Å². The van der Waals surface area contributed by atoms with Gasteiger partial charge in [0.25, 0.3) is 5.91 Å². The van der Waals surface area contributed by atoms with Gasteiger partial charge < -0.3 is 9.73 Å². The van der Waals surface area contributed by atoms with Crippen LogP contribution in [0.5, 0.6) is 0 Å². The van der Waals surface area contributed by atoms with Crippen LogP contribution in [0.4, 0.5) is 0 Å². The number of hydrogen-bond acceptors (Lipinski definition) is 4. The Kier molecular flexibility index (Phi) is 4.38. The van der Waals surface area contributed by atoms with Crippen molar-refractivity contribution in [3.63, 3.8) is 0 Å². The zero-order chi connectivity index (χ0) is 15.7. The van der Waals surface area contributed by atoms with Gasteiger partial charge in [0.2, 0.25) is 0 Å². The minimum Gasteiger partial charge on any atom is -0.456 e. The van der Waals surface area contributed by atoms with Crippen LogP contribution in [-0.4, -0.2) is 10.2 Å². The Balaban J connectivity index is 2.03. The summed E-state index contributed by atoms with van der Waals surface area (Å²) in [5.74, 6) is 1.17. The first-order valence-corrected chi connectivity index (χ1v) is 8.31. The zero-order valence-corrected chi connectivity index (χ0v) is 14.1. The molecule has 1 aromatic carbocycles. The minimum absolute atomic E-state index is 0.187. The quantitative estimate of drug-likeness (QED) is 0.647. The van der Waals surface area contributed by atoms with Gasteiger partial charge >= 0.3 is 0 Å². The fraction of sp³-hybridized carbons (Fsp3) is 0.125.